The molecule has 146 valence electrons. The molecular weight excluding hydrogens is 401 g/mol. The number of benzene rings is 1. The number of aldehydes is 1. The average molecular weight is 420 g/mol. The number of carbonyl (C=O) groups excluding carboxylic acids is 1. The minimum Gasteiger partial charge on any atom is -0.495 e. The number of fused-ring (bicyclic) bond motifs is 1. The number of anilines is 1. The molecule has 1 unspecified atom stereocenters. The molecule has 4 rings (SSSR count). The van der Waals surface area contributed by atoms with Crippen molar-refractivity contribution in [1.82, 2.24) is 19.7 Å². The number of methoxy groups -OCH3 is 1. The standard InChI is InChI=1S/C19H19Cl2N5O2/c1-28-16-11-13(4-5-15(16)20)24-7-9-25(10-8-24)17(12-27)26-18(21)14-3-2-6-22-19(14)23-26/h2-6,11-12,17H,7-10H2,1H3. The number of aromatic nitrogens is 3. The van der Waals surface area contributed by atoms with Crippen LogP contribution in [0, 0.1) is 0 Å². The van der Waals surface area contributed by atoms with E-state index in [0.717, 1.165) is 30.4 Å². The normalized spacial score (nSPS) is 16.3. The number of ether oxygens (including phenoxy) is 1. The van der Waals surface area contributed by atoms with Crippen molar-refractivity contribution in [2.24, 2.45) is 0 Å². The summed E-state index contributed by atoms with van der Waals surface area (Å²) in [4.78, 5) is 20.4. The van der Waals surface area contributed by atoms with E-state index in [1.807, 2.05) is 24.3 Å². The fourth-order valence-electron chi connectivity index (χ4n) is 3.47. The Labute approximate surface area is 172 Å². The Morgan fingerprint density at radius 1 is 1.18 bits per heavy atom. The molecule has 0 bridgehead atoms. The van der Waals surface area contributed by atoms with Gasteiger partial charge in [-0.2, -0.15) is 0 Å². The summed E-state index contributed by atoms with van der Waals surface area (Å²) in [6, 6.07) is 9.38. The van der Waals surface area contributed by atoms with Gasteiger partial charge in [-0.1, -0.05) is 23.2 Å². The van der Waals surface area contributed by atoms with Gasteiger partial charge < -0.3 is 9.64 Å². The Morgan fingerprint density at radius 3 is 2.64 bits per heavy atom. The Hall–Kier alpha value is -2.35. The van der Waals surface area contributed by atoms with Gasteiger partial charge in [0.15, 0.2) is 18.1 Å². The van der Waals surface area contributed by atoms with E-state index < -0.39 is 6.17 Å². The molecule has 0 radical (unpaired) electrons. The molecule has 1 aliphatic heterocycles. The number of hydrogen-bond acceptors (Lipinski definition) is 6. The number of piperazine rings is 1. The van der Waals surface area contributed by atoms with Crippen LogP contribution in [0.4, 0.5) is 5.69 Å². The lowest BCUT2D eigenvalue weighted by Crippen LogP contribution is -2.49. The molecule has 0 saturated carbocycles. The topological polar surface area (TPSA) is 63.5 Å². The third-order valence-electron chi connectivity index (χ3n) is 4.97. The lowest BCUT2D eigenvalue weighted by molar-refractivity contribution is -0.115. The van der Waals surface area contributed by atoms with E-state index in [4.69, 9.17) is 27.9 Å². The van der Waals surface area contributed by atoms with E-state index in [-0.39, 0.29) is 0 Å². The second-order valence-corrected chi connectivity index (χ2v) is 7.27. The predicted octanol–water partition coefficient (Wildman–Crippen LogP) is 3.27. The van der Waals surface area contributed by atoms with Gasteiger partial charge >= 0.3 is 0 Å². The largest absolute Gasteiger partial charge is 0.495 e. The van der Waals surface area contributed by atoms with Gasteiger partial charge in [0.25, 0.3) is 0 Å². The van der Waals surface area contributed by atoms with Crippen molar-refractivity contribution in [2.75, 3.05) is 38.2 Å². The number of pyridine rings is 1. The van der Waals surface area contributed by atoms with E-state index >= 15 is 0 Å². The molecule has 3 heterocycles. The van der Waals surface area contributed by atoms with E-state index in [0.29, 0.717) is 34.7 Å². The van der Waals surface area contributed by atoms with Crippen LogP contribution in [-0.2, 0) is 4.79 Å². The second kappa shape index (κ2) is 7.95. The Morgan fingerprint density at radius 2 is 1.96 bits per heavy atom. The van der Waals surface area contributed by atoms with Crippen LogP contribution in [0.2, 0.25) is 10.2 Å². The fraction of sp³-hybridized carbons (Fsp3) is 0.316. The number of carbonyl (C=O) groups is 1. The highest BCUT2D eigenvalue weighted by atomic mass is 35.5. The van der Waals surface area contributed by atoms with Crippen LogP contribution in [-0.4, -0.2) is 59.2 Å². The first-order valence-electron chi connectivity index (χ1n) is 8.89. The lowest BCUT2D eigenvalue weighted by atomic mass is 10.2. The Balaban J connectivity index is 1.51. The molecule has 3 aromatic rings. The predicted molar refractivity (Wildman–Crippen MR) is 109 cm³/mol. The minimum absolute atomic E-state index is 0.421. The van der Waals surface area contributed by atoms with Crippen LogP contribution in [0.15, 0.2) is 36.5 Å². The maximum absolute atomic E-state index is 11.9. The second-order valence-electron chi connectivity index (χ2n) is 6.50. The number of hydrogen-bond donors (Lipinski definition) is 0. The number of nitrogens with zero attached hydrogens (tertiary/aromatic N) is 5. The first kappa shape index (κ1) is 19.0. The summed E-state index contributed by atoms with van der Waals surface area (Å²) in [5.74, 6) is 0.648. The van der Waals surface area contributed by atoms with Crippen molar-refractivity contribution in [3.63, 3.8) is 0 Å². The molecule has 2 aromatic heterocycles. The summed E-state index contributed by atoms with van der Waals surface area (Å²) >= 11 is 12.6. The van der Waals surface area contributed by atoms with Gasteiger partial charge in [-0.15, -0.1) is 5.10 Å². The number of rotatable bonds is 5. The molecule has 1 aromatic carbocycles. The van der Waals surface area contributed by atoms with Gasteiger partial charge in [0, 0.05) is 44.1 Å². The van der Waals surface area contributed by atoms with Gasteiger partial charge in [-0.05, 0) is 24.3 Å². The highest BCUT2D eigenvalue weighted by Gasteiger charge is 2.28. The third-order valence-corrected chi connectivity index (χ3v) is 5.66. The van der Waals surface area contributed by atoms with Crippen LogP contribution in [0.5, 0.6) is 5.75 Å². The van der Waals surface area contributed by atoms with Gasteiger partial charge in [0.2, 0.25) is 0 Å². The molecule has 0 aliphatic carbocycles. The summed E-state index contributed by atoms with van der Waals surface area (Å²) in [7, 11) is 1.60. The van der Waals surface area contributed by atoms with Crippen molar-refractivity contribution < 1.29 is 9.53 Å². The Bertz CT molecular complexity index is 1000. The molecule has 1 fully saturated rings. The quantitative estimate of drug-likeness (QED) is 0.591. The SMILES string of the molecule is COc1cc(N2CCN(C(C=O)n3nc4ncccc4c3Cl)CC2)ccc1Cl. The van der Waals surface area contributed by atoms with Gasteiger partial charge in [0.05, 0.1) is 17.5 Å². The van der Waals surface area contributed by atoms with Crippen molar-refractivity contribution in [3.05, 3.63) is 46.7 Å². The summed E-state index contributed by atoms with van der Waals surface area (Å²) in [5, 5.41) is 6.17. The van der Waals surface area contributed by atoms with Crippen molar-refractivity contribution in [2.45, 2.75) is 6.17 Å². The van der Waals surface area contributed by atoms with Crippen molar-refractivity contribution >= 4 is 46.2 Å². The maximum atomic E-state index is 11.9. The lowest BCUT2D eigenvalue weighted by Gasteiger charge is -2.38. The number of halogens is 2. The van der Waals surface area contributed by atoms with Crippen LogP contribution >= 0.6 is 23.2 Å². The highest BCUT2D eigenvalue weighted by Crippen LogP contribution is 2.31. The fourth-order valence-corrected chi connectivity index (χ4v) is 3.95. The third kappa shape index (κ3) is 3.41. The summed E-state index contributed by atoms with van der Waals surface area (Å²) in [5.41, 5.74) is 1.57. The van der Waals surface area contributed by atoms with Crippen LogP contribution in [0.3, 0.4) is 0 Å². The van der Waals surface area contributed by atoms with E-state index in [9.17, 15) is 4.79 Å². The molecule has 28 heavy (non-hydrogen) atoms. The highest BCUT2D eigenvalue weighted by molar-refractivity contribution is 6.34. The zero-order valence-corrected chi connectivity index (χ0v) is 16.8. The molecule has 1 aliphatic rings. The van der Waals surface area contributed by atoms with Crippen LogP contribution < -0.4 is 9.64 Å². The van der Waals surface area contributed by atoms with Crippen LogP contribution in [0.1, 0.15) is 6.17 Å². The van der Waals surface area contributed by atoms with Crippen molar-refractivity contribution in [3.8, 4) is 5.75 Å². The summed E-state index contributed by atoms with van der Waals surface area (Å²) in [6.45, 7) is 2.89. The Kier molecular flexibility index (Phi) is 5.39. The summed E-state index contributed by atoms with van der Waals surface area (Å²) in [6.07, 6.45) is 1.97. The molecule has 0 amide bonds. The maximum Gasteiger partial charge on any atom is 0.182 e. The molecule has 1 atom stereocenters. The molecular formula is C19H19Cl2N5O2. The van der Waals surface area contributed by atoms with Crippen molar-refractivity contribution in [1.29, 1.82) is 0 Å². The van der Waals surface area contributed by atoms with Gasteiger partial charge in [-0.3, -0.25) is 9.69 Å². The van der Waals surface area contributed by atoms with Gasteiger partial charge in [0.1, 0.15) is 10.9 Å². The zero-order chi connectivity index (χ0) is 19.7. The molecule has 9 heteroatoms. The van der Waals surface area contributed by atoms with E-state index in [1.165, 1.54) is 0 Å². The average Bonchev–Trinajstić information content (AvgIpc) is 3.06. The first-order valence-corrected chi connectivity index (χ1v) is 9.64. The molecule has 0 spiro atoms. The molecule has 1 saturated heterocycles. The smallest absolute Gasteiger partial charge is 0.182 e. The monoisotopic (exact) mass is 419 g/mol. The summed E-state index contributed by atoms with van der Waals surface area (Å²) < 4.78 is 6.85. The zero-order valence-electron chi connectivity index (χ0n) is 15.3. The van der Waals surface area contributed by atoms with E-state index in [1.54, 1.807) is 24.1 Å². The van der Waals surface area contributed by atoms with Crippen LogP contribution in [0.25, 0.3) is 11.0 Å². The van der Waals surface area contributed by atoms with E-state index in [2.05, 4.69) is 19.9 Å². The molecule has 7 nitrogen and oxygen atoms in total. The van der Waals surface area contributed by atoms with Gasteiger partial charge in [-0.25, -0.2) is 9.67 Å². The molecule has 0 N–H and O–H groups in total. The minimum atomic E-state index is -0.566. The first-order chi connectivity index (χ1) is 13.6.